The van der Waals surface area contributed by atoms with Gasteiger partial charge >= 0.3 is 5.97 Å². The van der Waals surface area contributed by atoms with Crippen LogP contribution >= 0.6 is 11.8 Å². The quantitative estimate of drug-likeness (QED) is 0.442. The molecule has 0 radical (unpaired) electrons. The Morgan fingerprint density at radius 3 is 2.40 bits per heavy atom. The molecule has 7 nitrogen and oxygen atoms in total. The highest BCUT2D eigenvalue weighted by Gasteiger charge is 2.41. The summed E-state index contributed by atoms with van der Waals surface area (Å²) in [7, 11) is -2.56. The Bertz CT molecular complexity index is 1040. The minimum absolute atomic E-state index is 0.0436. The van der Waals surface area contributed by atoms with Crippen molar-refractivity contribution in [2.75, 3.05) is 31.4 Å². The number of thioether (sulfide) groups is 1. The summed E-state index contributed by atoms with van der Waals surface area (Å²) >= 11 is 1.39. The van der Waals surface area contributed by atoms with E-state index < -0.39 is 39.8 Å². The molecule has 0 amide bonds. The maximum Gasteiger partial charge on any atom is 0.312 e. The van der Waals surface area contributed by atoms with Gasteiger partial charge in [0.05, 0.1) is 16.0 Å². The predicted molar refractivity (Wildman–Crippen MR) is 133 cm³/mol. The topological polar surface area (TPSA) is 87.1 Å². The number of halogens is 2. The normalized spacial score (nSPS) is 21.6. The van der Waals surface area contributed by atoms with Crippen molar-refractivity contribution in [1.29, 1.82) is 0 Å². The Hall–Kier alpha value is -1.59. The van der Waals surface area contributed by atoms with E-state index in [1.54, 1.807) is 6.07 Å². The Morgan fingerprint density at radius 2 is 1.86 bits per heavy atom. The highest BCUT2D eigenvalue weighted by atomic mass is 32.2. The molecular weight excluding hydrogens is 498 g/mol. The number of anilines is 1. The highest BCUT2D eigenvalue weighted by Crippen LogP contribution is 2.44. The van der Waals surface area contributed by atoms with Crippen LogP contribution in [0.5, 0.6) is 5.75 Å². The van der Waals surface area contributed by atoms with Crippen LogP contribution in [0, 0.1) is 5.41 Å². The van der Waals surface area contributed by atoms with Crippen LogP contribution in [0.1, 0.15) is 59.3 Å². The van der Waals surface area contributed by atoms with E-state index in [2.05, 4.69) is 4.90 Å². The Kier molecular flexibility index (Phi) is 8.33. The third kappa shape index (κ3) is 6.22. The third-order valence-electron chi connectivity index (χ3n) is 6.98. The number of aliphatic carboxylic acids is 1. The van der Waals surface area contributed by atoms with E-state index in [0.29, 0.717) is 22.9 Å². The van der Waals surface area contributed by atoms with Gasteiger partial charge in [0.1, 0.15) is 17.3 Å². The standard InChI is InChI=1S/C24H36F2N2O5S2/c1-23(2,22(29)30)15-33-19-13-21-18(12-20(19)34-5)28(16-8-6-7-9-16)14-17(10-11-24(3,25)26)27(4)35(21,31)32/h12-13,16-17H,6-11,14-15H2,1-5H3,(H,29,30)/t17-/m1/s1. The average molecular weight is 535 g/mol. The van der Waals surface area contributed by atoms with Crippen LogP contribution in [0.4, 0.5) is 14.5 Å². The number of hydrogen-bond acceptors (Lipinski definition) is 6. The minimum Gasteiger partial charge on any atom is -0.491 e. The van der Waals surface area contributed by atoms with E-state index in [9.17, 15) is 27.1 Å². The number of fused-ring (bicyclic) bond motifs is 1. The molecule has 0 saturated heterocycles. The van der Waals surface area contributed by atoms with Gasteiger partial charge in [0.15, 0.2) is 0 Å². The molecule has 1 aromatic carbocycles. The van der Waals surface area contributed by atoms with Crippen LogP contribution in [-0.4, -0.2) is 68.3 Å². The molecule has 1 atom stereocenters. The van der Waals surface area contributed by atoms with Crippen molar-refractivity contribution in [2.24, 2.45) is 5.41 Å². The second-order valence-electron chi connectivity index (χ2n) is 10.3. The second kappa shape index (κ2) is 10.4. The molecule has 198 valence electrons. The van der Waals surface area contributed by atoms with E-state index in [0.717, 1.165) is 32.6 Å². The largest absolute Gasteiger partial charge is 0.491 e. The van der Waals surface area contributed by atoms with Crippen LogP contribution in [-0.2, 0) is 14.8 Å². The van der Waals surface area contributed by atoms with Gasteiger partial charge in [-0.25, -0.2) is 17.2 Å². The number of hydrogen-bond donors (Lipinski definition) is 1. The molecule has 0 aromatic heterocycles. The van der Waals surface area contributed by atoms with Gasteiger partial charge in [0.2, 0.25) is 15.9 Å². The van der Waals surface area contributed by atoms with Gasteiger partial charge < -0.3 is 14.7 Å². The fourth-order valence-corrected chi connectivity index (χ4v) is 6.72. The number of carboxylic acid groups (broad SMARTS) is 1. The fraction of sp³-hybridized carbons (Fsp3) is 0.708. The predicted octanol–water partition coefficient (Wildman–Crippen LogP) is 5.09. The van der Waals surface area contributed by atoms with Gasteiger partial charge in [-0.2, -0.15) is 4.31 Å². The number of alkyl halides is 2. The van der Waals surface area contributed by atoms with Gasteiger partial charge in [-0.3, -0.25) is 4.79 Å². The first-order chi connectivity index (χ1) is 16.2. The number of nitrogens with zero attached hydrogens (tertiary/aromatic N) is 2. The van der Waals surface area contributed by atoms with Crippen LogP contribution in [0.3, 0.4) is 0 Å². The van der Waals surface area contributed by atoms with E-state index >= 15 is 0 Å². The molecule has 1 aromatic rings. The monoisotopic (exact) mass is 534 g/mol. The molecule has 11 heteroatoms. The maximum absolute atomic E-state index is 13.7. The summed E-state index contributed by atoms with van der Waals surface area (Å²) in [6.07, 6.45) is 5.40. The van der Waals surface area contributed by atoms with Crippen LogP contribution < -0.4 is 9.64 Å². The molecule has 2 aliphatic rings. The number of benzene rings is 1. The summed E-state index contributed by atoms with van der Waals surface area (Å²) in [4.78, 5) is 14.4. The molecule has 1 saturated carbocycles. The molecule has 1 aliphatic carbocycles. The van der Waals surface area contributed by atoms with E-state index in [4.69, 9.17) is 4.74 Å². The number of rotatable bonds is 9. The summed E-state index contributed by atoms with van der Waals surface area (Å²) in [5.41, 5.74) is -0.603. The van der Waals surface area contributed by atoms with Crippen LogP contribution in [0.2, 0.25) is 0 Å². The SMILES string of the molecule is CSc1cc2c(cc1OCC(C)(C)C(=O)O)S(=O)(=O)N(C)[C@H](CCC(C)(F)F)CN2C1CCCC1. The molecule has 3 rings (SSSR count). The maximum atomic E-state index is 13.7. The molecule has 35 heavy (non-hydrogen) atoms. The summed E-state index contributed by atoms with van der Waals surface area (Å²) in [5, 5.41) is 9.44. The lowest BCUT2D eigenvalue weighted by Gasteiger charge is -2.34. The first-order valence-corrected chi connectivity index (χ1v) is 14.5. The Morgan fingerprint density at radius 1 is 1.23 bits per heavy atom. The van der Waals surface area contributed by atoms with Gasteiger partial charge in [0.25, 0.3) is 0 Å². The molecular formula is C24H36F2N2O5S2. The van der Waals surface area contributed by atoms with Crippen molar-refractivity contribution < 1.29 is 31.8 Å². The molecule has 0 bridgehead atoms. The van der Waals surface area contributed by atoms with Gasteiger partial charge in [0, 0.05) is 38.2 Å². The van der Waals surface area contributed by atoms with Crippen molar-refractivity contribution in [2.45, 2.75) is 87.1 Å². The van der Waals surface area contributed by atoms with Crippen molar-refractivity contribution in [1.82, 2.24) is 4.31 Å². The van der Waals surface area contributed by atoms with Crippen LogP contribution in [0.25, 0.3) is 0 Å². The Labute approximate surface area is 211 Å². The van der Waals surface area contributed by atoms with Gasteiger partial charge in [-0.15, -0.1) is 11.8 Å². The molecule has 1 aliphatic heterocycles. The van der Waals surface area contributed by atoms with Gasteiger partial charge in [-0.1, -0.05) is 12.8 Å². The third-order valence-corrected chi connectivity index (χ3v) is 9.68. The molecule has 0 unspecified atom stereocenters. The van der Waals surface area contributed by atoms with Crippen LogP contribution in [0.15, 0.2) is 21.9 Å². The zero-order chi connectivity index (χ0) is 26.2. The summed E-state index contributed by atoms with van der Waals surface area (Å²) in [5.74, 6) is -3.60. The zero-order valence-electron chi connectivity index (χ0n) is 21.0. The highest BCUT2D eigenvalue weighted by molar-refractivity contribution is 7.98. The number of likely N-dealkylation sites (N-methyl/N-ethyl adjacent to an activating group) is 1. The van der Waals surface area contributed by atoms with Crippen molar-refractivity contribution >= 4 is 33.4 Å². The van der Waals surface area contributed by atoms with Crippen molar-refractivity contribution in [3.63, 3.8) is 0 Å². The lowest BCUT2D eigenvalue weighted by Crippen LogP contribution is -2.45. The number of carboxylic acids is 1. The average Bonchev–Trinajstić information content (AvgIpc) is 3.28. The lowest BCUT2D eigenvalue weighted by molar-refractivity contribution is -0.148. The number of sulfonamides is 1. The minimum atomic E-state index is -4.01. The molecule has 1 fully saturated rings. The molecule has 1 heterocycles. The molecule has 1 N–H and O–H groups in total. The van der Waals surface area contributed by atoms with E-state index in [-0.39, 0.29) is 24.0 Å². The first kappa shape index (κ1) is 28.0. The van der Waals surface area contributed by atoms with E-state index in [1.165, 1.54) is 43.0 Å². The van der Waals surface area contributed by atoms with Gasteiger partial charge in [-0.05, 0) is 52.4 Å². The summed E-state index contributed by atoms with van der Waals surface area (Å²) in [6.45, 7) is 4.14. The van der Waals surface area contributed by atoms with E-state index in [1.807, 2.05) is 6.26 Å². The summed E-state index contributed by atoms with van der Waals surface area (Å²) < 4.78 is 62.0. The first-order valence-electron chi connectivity index (χ1n) is 11.9. The Balaban J connectivity index is 2.09. The second-order valence-corrected chi connectivity index (χ2v) is 13.1. The number of ether oxygens (including phenoxy) is 1. The zero-order valence-corrected chi connectivity index (χ0v) is 22.6. The van der Waals surface area contributed by atoms with Crippen molar-refractivity contribution in [3.05, 3.63) is 12.1 Å². The smallest absolute Gasteiger partial charge is 0.312 e. The molecule has 0 spiro atoms. The number of carbonyl (C=O) groups is 1. The fourth-order valence-electron chi connectivity index (χ4n) is 4.60. The van der Waals surface area contributed by atoms with Crippen molar-refractivity contribution in [3.8, 4) is 5.75 Å². The lowest BCUT2D eigenvalue weighted by atomic mass is 9.95. The summed E-state index contributed by atoms with van der Waals surface area (Å²) in [6, 6.07) is 2.80.